The Kier molecular flexibility index (Phi) is 4.42. The smallest absolute Gasteiger partial charge is 0.170 e. The maximum atomic E-state index is 8.73. The van der Waals surface area contributed by atoms with E-state index in [1.807, 2.05) is 31.5 Å². The Labute approximate surface area is 123 Å². The second-order valence-electron chi connectivity index (χ2n) is 4.97. The molecule has 7 nitrogen and oxygen atoms in total. The summed E-state index contributed by atoms with van der Waals surface area (Å²) >= 11 is 0. The Balaban J connectivity index is 2.18. The van der Waals surface area contributed by atoms with Gasteiger partial charge in [-0.05, 0) is 32.4 Å². The molecule has 0 aliphatic heterocycles. The van der Waals surface area contributed by atoms with Gasteiger partial charge < -0.3 is 15.7 Å². The maximum Gasteiger partial charge on any atom is 0.170 e. The lowest BCUT2D eigenvalue weighted by molar-refractivity contribution is 0.280. The minimum Gasteiger partial charge on any atom is -0.485 e. The Morgan fingerprint density at radius 1 is 1.48 bits per heavy atom. The number of oxime groups is 1. The van der Waals surface area contributed by atoms with Crippen molar-refractivity contribution >= 4 is 5.84 Å². The van der Waals surface area contributed by atoms with E-state index in [0.29, 0.717) is 17.9 Å². The van der Waals surface area contributed by atoms with E-state index in [-0.39, 0.29) is 11.9 Å². The van der Waals surface area contributed by atoms with E-state index in [1.165, 1.54) is 6.33 Å². The molecule has 0 atom stereocenters. The molecule has 3 N–H and O–H groups in total. The van der Waals surface area contributed by atoms with Gasteiger partial charge in [-0.2, -0.15) is 5.10 Å². The van der Waals surface area contributed by atoms with Crippen LogP contribution >= 0.6 is 0 Å². The molecule has 0 unspecified atom stereocenters. The van der Waals surface area contributed by atoms with Crippen molar-refractivity contribution in [2.45, 2.75) is 33.4 Å². The van der Waals surface area contributed by atoms with Gasteiger partial charge in [0.25, 0.3) is 0 Å². The van der Waals surface area contributed by atoms with Gasteiger partial charge in [-0.1, -0.05) is 17.3 Å². The lowest BCUT2D eigenvalue weighted by Crippen LogP contribution is -2.14. The molecule has 0 aliphatic carbocycles. The van der Waals surface area contributed by atoms with Crippen LogP contribution in [-0.4, -0.2) is 25.8 Å². The van der Waals surface area contributed by atoms with Crippen molar-refractivity contribution in [2.75, 3.05) is 0 Å². The molecule has 1 aromatic heterocycles. The van der Waals surface area contributed by atoms with Crippen molar-refractivity contribution in [3.8, 4) is 5.75 Å². The van der Waals surface area contributed by atoms with Gasteiger partial charge in [-0.25, -0.2) is 9.67 Å². The zero-order valence-corrected chi connectivity index (χ0v) is 12.3. The van der Waals surface area contributed by atoms with Crippen LogP contribution in [0.5, 0.6) is 5.75 Å². The molecule has 0 bridgehead atoms. The third kappa shape index (κ3) is 3.31. The highest BCUT2D eigenvalue weighted by atomic mass is 16.5. The second-order valence-corrected chi connectivity index (χ2v) is 4.97. The van der Waals surface area contributed by atoms with Crippen molar-refractivity contribution in [3.05, 3.63) is 41.5 Å². The van der Waals surface area contributed by atoms with E-state index < -0.39 is 0 Å². The summed E-state index contributed by atoms with van der Waals surface area (Å²) in [7, 11) is 0. The normalized spacial score (nSPS) is 11.9. The maximum absolute atomic E-state index is 8.73. The SMILES string of the molecule is Cc1ccc(/C(N)=N/O)cc1OCc1ncnn1C(C)C. The van der Waals surface area contributed by atoms with Crippen LogP contribution in [0.2, 0.25) is 0 Å². The molecule has 0 fully saturated rings. The number of hydrogen-bond acceptors (Lipinski definition) is 5. The molecule has 7 heteroatoms. The first-order valence-corrected chi connectivity index (χ1v) is 6.62. The van der Waals surface area contributed by atoms with E-state index in [0.717, 1.165) is 11.4 Å². The Morgan fingerprint density at radius 2 is 2.24 bits per heavy atom. The molecule has 0 saturated heterocycles. The van der Waals surface area contributed by atoms with E-state index in [9.17, 15) is 0 Å². The third-order valence-electron chi connectivity index (χ3n) is 3.08. The van der Waals surface area contributed by atoms with E-state index in [2.05, 4.69) is 15.2 Å². The molecule has 1 heterocycles. The van der Waals surface area contributed by atoms with Crippen molar-refractivity contribution in [1.29, 1.82) is 0 Å². The average molecular weight is 289 g/mol. The number of aryl methyl sites for hydroxylation is 1. The quantitative estimate of drug-likeness (QED) is 0.379. The van der Waals surface area contributed by atoms with Gasteiger partial charge in [0, 0.05) is 11.6 Å². The van der Waals surface area contributed by atoms with Crippen LogP contribution in [0.1, 0.15) is 36.8 Å². The fourth-order valence-electron chi connectivity index (χ4n) is 1.92. The molecule has 2 aromatic rings. The van der Waals surface area contributed by atoms with Gasteiger partial charge in [0.05, 0.1) is 0 Å². The Morgan fingerprint density at radius 3 is 2.90 bits per heavy atom. The summed E-state index contributed by atoms with van der Waals surface area (Å²) in [5, 5.41) is 15.9. The number of nitrogens with zero attached hydrogens (tertiary/aromatic N) is 4. The minimum absolute atomic E-state index is 0.0465. The van der Waals surface area contributed by atoms with Crippen molar-refractivity contribution in [3.63, 3.8) is 0 Å². The molecule has 2 rings (SSSR count). The predicted molar refractivity (Wildman–Crippen MR) is 78.4 cm³/mol. The average Bonchev–Trinajstić information content (AvgIpc) is 2.94. The molecular formula is C14H19N5O2. The lowest BCUT2D eigenvalue weighted by Gasteiger charge is -2.12. The summed E-state index contributed by atoms with van der Waals surface area (Å²) in [6.45, 7) is 6.29. The first-order valence-electron chi connectivity index (χ1n) is 6.62. The molecular weight excluding hydrogens is 270 g/mol. The lowest BCUT2D eigenvalue weighted by atomic mass is 10.1. The summed E-state index contributed by atoms with van der Waals surface area (Å²) in [6, 6.07) is 5.58. The first kappa shape index (κ1) is 14.8. The molecule has 21 heavy (non-hydrogen) atoms. The fourth-order valence-corrected chi connectivity index (χ4v) is 1.92. The van der Waals surface area contributed by atoms with Crippen LogP contribution in [0.3, 0.4) is 0 Å². The van der Waals surface area contributed by atoms with Crippen LogP contribution in [0, 0.1) is 6.92 Å². The predicted octanol–water partition coefficient (Wildman–Crippen LogP) is 1.84. The molecule has 0 aliphatic rings. The highest BCUT2D eigenvalue weighted by molar-refractivity contribution is 5.97. The van der Waals surface area contributed by atoms with Gasteiger partial charge in [-0.3, -0.25) is 0 Å². The van der Waals surface area contributed by atoms with E-state index in [1.54, 1.807) is 12.1 Å². The van der Waals surface area contributed by atoms with Crippen molar-refractivity contribution < 1.29 is 9.94 Å². The minimum atomic E-state index is 0.0465. The van der Waals surface area contributed by atoms with Gasteiger partial charge in [0.2, 0.25) is 0 Å². The molecule has 0 spiro atoms. The van der Waals surface area contributed by atoms with Crippen molar-refractivity contribution in [1.82, 2.24) is 14.8 Å². The summed E-state index contributed by atoms with van der Waals surface area (Å²) < 4.78 is 7.60. The largest absolute Gasteiger partial charge is 0.485 e. The zero-order chi connectivity index (χ0) is 15.4. The van der Waals surface area contributed by atoms with Crippen LogP contribution in [-0.2, 0) is 6.61 Å². The van der Waals surface area contributed by atoms with Crippen LogP contribution in [0.15, 0.2) is 29.7 Å². The summed E-state index contributed by atoms with van der Waals surface area (Å²) in [6.07, 6.45) is 1.51. The molecule has 1 aromatic carbocycles. The number of aromatic nitrogens is 3. The highest BCUT2D eigenvalue weighted by Crippen LogP contribution is 2.21. The fraction of sp³-hybridized carbons (Fsp3) is 0.357. The van der Waals surface area contributed by atoms with Crippen LogP contribution in [0.4, 0.5) is 0 Å². The van der Waals surface area contributed by atoms with Crippen LogP contribution in [0.25, 0.3) is 0 Å². The van der Waals surface area contributed by atoms with Gasteiger partial charge >= 0.3 is 0 Å². The Bertz CT molecular complexity index is 649. The summed E-state index contributed by atoms with van der Waals surface area (Å²) in [5.41, 5.74) is 7.14. The standard InChI is InChI=1S/C14H19N5O2/c1-9(2)19-13(16-8-17-19)7-21-12-6-11(14(15)18-20)5-4-10(12)3/h4-6,8-9,20H,7H2,1-3H3,(H2,15,18). The number of benzene rings is 1. The van der Waals surface area contributed by atoms with Gasteiger partial charge in [0.1, 0.15) is 18.7 Å². The van der Waals surface area contributed by atoms with Gasteiger partial charge in [0.15, 0.2) is 11.7 Å². The Hall–Kier alpha value is -2.57. The third-order valence-corrected chi connectivity index (χ3v) is 3.08. The molecule has 112 valence electrons. The number of ether oxygens (including phenoxy) is 1. The van der Waals surface area contributed by atoms with Crippen LogP contribution < -0.4 is 10.5 Å². The first-order chi connectivity index (χ1) is 10.0. The highest BCUT2D eigenvalue weighted by Gasteiger charge is 2.10. The van der Waals surface area contributed by atoms with E-state index in [4.69, 9.17) is 15.7 Å². The topological polar surface area (TPSA) is 98.6 Å². The number of hydrogen-bond donors (Lipinski definition) is 2. The number of amidine groups is 1. The number of nitrogens with two attached hydrogens (primary N) is 1. The second kappa shape index (κ2) is 6.25. The summed E-state index contributed by atoms with van der Waals surface area (Å²) in [5.74, 6) is 1.46. The van der Waals surface area contributed by atoms with Crippen molar-refractivity contribution in [2.24, 2.45) is 10.9 Å². The monoisotopic (exact) mass is 289 g/mol. The molecule has 0 radical (unpaired) electrons. The molecule has 0 saturated carbocycles. The zero-order valence-electron chi connectivity index (χ0n) is 12.3. The van der Waals surface area contributed by atoms with Gasteiger partial charge in [-0.15, -0.1) is 0 Å². The van der Waals surface area contributed by atoms with E-state index >= 15 is 0 Å². The summed E-state index contributed by atoms with van der Waals surface area (Å²) in [4.78, 5) is 4.19. The number of rotatable bonds is 5. The molecule has 0 amide bonds.